The molecule has 31 heavy (non-hydrogen) atoms. The van der Waals surface area contributed by atoms with Crippen molar-refractivity contribution in [3.8, 4) is 5.75 Å². The van der Waals surface area contributed by atoms with Crippen LogP contribution in [0.25, 0.3) is 10.9 Å². The van der Waals surface area contributed by atoms with Crippen LogP contribution < -0.4 is 15.6 Å². The molecule has 1 aromatic heterocycles. The maximum absolute atomic E-state index is 12.9. The summed E-state index contributed by atoms with van der Waals surface area (Å²) in [6.07, 6.45) is 0. The predicted molar refractivity (Wildman–Crippen MR) is 132 cm³/mol. The molecule has 0 radical (unpaired) electrons. The minimum Gasteiger partial charge on any atom is -0.497 e. The lowest BCUT2D eigenvalue weighted by Crippen LogP contribution is -2.41. The van der Waals surface area contributed by atoms with Crippen LogP contribution in [0.4, 0.5) is 0 Å². The number of pyridine rings is 1. The van der Waals surface area contributed by atoms with Crippen LogP contribution in [-0.4, -0.2) is 28.7 Å². The molecule has 0 unspecified atom stereocenters. The number of rotatable bonds is 7. The fourth-order valence-corrected chi connectivity index (χ4v) is 3.82. The molecule has 164 valence electrons. The lowest BCUT2D eigenvalue weighted by Gasteiger charge is -2.27. The van der Waals surface area contributed by atoms with Gasteiger partial charge in [0.1, 0.15) is 5.75 Å². The molecule has 1 heterocycles. The molecule has 0 aliphatic heterocycles. The number of aromatic amines is 1. The van der Waals surface area contributed by atoms with Gasteiger partial charge in [-0.3, -0.25) is 4.79 Å². The van der Waals surface area contributed by atoms with E-state index < -0.39 is 0 Å². The van der Waals surface area contributed by atoms with Gasteiger partial charge in [-0.2, -0.15) is 0 Å². The molecule has 3 rings (SSSR count). The Morgan fingerprint density at radius 1 is 1.13 bits per heavy atom. The van der Waals surface area contributed by atoms with E-state index in [1.54, 1.807) is 7.11 Å². The highest BCUT2D eigenvalue weighted by Gasteiger charge is 2.15. The molecular weight excluding hydrogens is 406 g/mol. The van der Waals surface area contributed by atoms with Crippen LogP contribution in [0.15, 0.2) is 47.3 Å². The highest BCUT2D eigenvalue weighted by atomic mass is 32.1. The van der Waals surface area contributed by atoms with E-state index in [0.717, 1.165) is 34.3 Å². The number of hydrogen-bond donors (Lipinski definition) is 2. The van der Waals surface area contributed by atoms with Crippen molar-refractivity contribution >= 4 is 28.2 Å². The molecule has 0 saturated carbocycles. The van der Waals surface area contributed by atoms with Crippen molar-refractivity contribution in [2.45, 2.75) is 40.8 Å². The Morgan fingerprint density at radius 2 is 1.84 bits per heavy atom. The summed E-state index contributed by atoms with van der Waals surface area (Å²) in [5.41, 5.74) is 4.85. The lowest BCUT2D eigenvalue weighted by atomic mass is 10.1. The highest BCUT2D eigenvalue weighted by molar-refractivity contribution is 7.80. The number of ether oxygens (including phenoxy) is 1. The van der Waals surface area contributed by atoms with Crippen molar-refractivity contribution in [1.29, 1.82) is 0 Å². The second kappa shape index (κ2) is 9.96. The number of H-pyrrole nitrogens is 1. The SMILES string of the molecule is COc1ccc(CN(Cc2cc3cc(C)cc(C)c3[nH]c2=O)C(=S)NCC(C)C)cc1. The summed E-state index contributed by atoms with van der Waals surface area (Å²) >= 11 is 5.70. The maximum atomic E-state index is 12.9. The number of methoxy groups -OCH3 is 1. The topological polar surface area (TPSA) is 57.4 Å². The van der Waals surface area contributed by atoms with Crippen molar-refractivity contribution in [2.24, 2.45) is 5.92 Å². The Kier molecular flexibility index (Phi) is 7.33. The highest BCUT2D eigenvalue weighted by Crippen LogP contribution is 2.19. The fraction of sp³-hybridized carbons (Fsp3) is 0.360. The molecule has 0 spiro atoms. The Balaban J connectivity index is 1.92. The third-order valence-electron chi connectivity index (χ3n) is 5.21. The van der Waals surface area contributed by atoms with Crippen LogP contribution in [0.1, 0.15) is 36.1 Å². The molecule has 0 amide bonds. The van der Waals surface area contributed by atoms with Gasteiger partial charge >= 0.3 is 0 Å². The quantitative estimate of drug-likeness (QED) is 0.526. The molecule has 2 N–H and O–H groups in total. The number of nitrogens with one attached hydrogen (secondary N) is 2. The average molecular weight is 438 g/mol. The molecule has 0 aliphatic carbocycles. The Bertz CT molecular complexity index is 1120. The molecule has 0 saturated heterocycles. The summed E-state index contributed by atoms with van der Waals surface area (Å²) in [5.74, 6) is 1.28. The number of benzene rings is 2. The first-order valence-electron chi connectivity index (χ1n) is 10.6. The predicted octanol–water partition coefficient (Wildman–Crippen LogP) is 4.69. The van der Waals surface area contributed by atoms with E-state index in [2.05, 4.69) is 43.2 Å². The second-order valence-corrected chi connectivity index (χ2v) is 8.84. The van der Waals surface area contributed by atoms with Crippen molar-refractivity contribution in [3.63, 3.8) is 0 Å². The first-order valence-corrected chi connectivity index (χ1v) is 11.0. The third kappa shape index (κ3) is 5.85. The summed E-state index contributed by atoms with van der Waals surface area (Å²) in [6.45, 7) is 10.2. The van der Waals surface area contributed by atoms with Gasteiger partial charge in [0.2, 0.25) is 0 Å². The Labute approximate surface area is 189 Å². The first-order chi connectivity index (χ1) is 14.8. The Morgan fingerprint density at radius 3 is 2.48 bits per heavy atom. The second-order valence-electron chi connectivity index (χ2n) is 8.45. The van der Waals surface area contributed by atoms with Gasteiger partial charge in [-0.15, -0.1) is 0 Å². The van der Waals surface area contributed by atoms with Gasteiger partial charge < -0.3 is 19.9 Å². The zero-order valence-electron chi connectivity index (χ0n) is 18.9. The van der Waals surface area contributed by atoms with Crippen LogP contribution >= 0.6 is 12.2 Å². The number of aromatic nitrogens is 1. The van der Waals surface area contributed by atoms with Crippen LogP contribution in [-0.2, 0) is 13.1 Å². The summed E-state index contributed by atoms with van der Waals surface area (Å²) in [4.78, 5) is 18.0. The van der Waals surface area contributed by atoms with Gasteiger partial charge in [0.25, 0.3) is 5.56 Å². The van der Waals surface area contributed by atoms with Gasteiger partial charge in [0.05, 0.1) is 19.2 Å². The van der Waals surface area contributed by atoms with Crippen molar-refractivity contribution < 1.29 is 4.74 Å². The monoisotopic (exact) mass is 437 g/mol. The third-order valence-corrected chi connectivity index (χ3v) is 5.62. The van der Waals surface area contributed by atoms with E-state index in [-0.39, 0.29) is 5.56 Å². The van der Waals surface area contributed by atoms with E-state index >= 15 is 0 Å². The zero-order chi connectivity index (χ0) is 22.5. The number of hydrogen-bond acceptors (Lipinski definition) is 3. The van der Waals surface area contributed by atoms with Gasteiger partial charge in [-0.05, 0) is 72.8 Å². The smallest absolute Gasteiger partial charge is 0.253 e. The fourth-order valence-electron chi connectivity index (χ4n) is 3.61. The van der Waals surface area contributed by atoms with Crippen molar-refractivity contribution in [1.82, 2.24) is 15.2 Å². The van der Waals surface area contributed by atoms with Gasteiger partial charge in [0, 0.05) is 18.7 Å². The first kappa shape index (κ1) is 22.8. The standard InChI is InChI=1S/C25H31N3O2S/c1-16(2)13-26-25(31)28(14-19-6-8-22(30-5)9-7-19)15-21-12-20-11-17(3)10-18(4)23(20)27-24(21)29/h6-12,16H,13-15H2,1-5H3,(H,26,31)(H,27,29). The molecule has 0 aliphatic rings. The summed E-state index contributed by atoms with van der Waals surface area (Å²) < 4.78 is 5.26. The van der Waals surface area contributed by atoms with Gasteiger partial charge in [-0.25, -0.2) is 0 Å². The average Bonchev–Trinajstić information content (AvgIpc) is 2.73. The van der Waals surface area contributed by atoms with Gasteiger partial charge in [-0.1, -0.05) is 37.6 Å². The van der Waals surface area contributed by atoms with E-state index in [0.29, 0.717) is 29.7 Å². The van der Waals surface area contributed by atoms with Gasteiger partial charge in [0.15, 0.2) is 5.11 Å². The summed E-state index contributed by atoms with van der Waals surface area (Å²) in [5, 5.41) is 5.02. The van der Waals surface area contributed by atoms with Crippen LogP contribution in [0.3, 0.4) is 0 Å². The summed E-state index contributed by atoms with van der Waals surface area (Å²) in [6, 6.07) is 14.1. The van der Waals surface area contributed by atoms with Crippen LogP contribution in [0.5, 0.6) is 5.75 Å². The molecule has 5 nitrogen and oxygen atoms in total. The minimum absolute atomic E-state index is 0.0779. The van der Waals surface area contributed by atoms with Crippen molar-refractivity contribution in [3.05, 3.63) is 75.1 Å². The molecule has 3 aromatic rings. The van der Waals surface area contributed by atoms with Crippen molar-refractivity contribution in [2.75, 3.05) is 13.7 Å². The lowest BCUT2D eigenvalue weighted by molar-refractivity contribution is 0.392. The number of nitrogens with zero attached hydrogens (tertiary/aromatic N) is 1. The van der Waals surface area contributed by atoms with E-state index in [1.807, 2.05) is 42.2 Å². The molecule has 2 aromatic carbocycles. The van der Waals surface area contributed by atoms with Crippen LogP contribution in [0.2, 0.25) is 0 Å². The van der Waals surface area contributed by atoms with E-state index in [9.17, 15) is 4.79 Å². The molecular formula is C25H31N3O2S. The van der Waals surface area contributed by atoms with Crippen LogP contribution in [0, 0.1) is 19.8 Å². The van der Waals surface area contributed by atoms with E-state index in [1.165, 1.54) is 5.56 Å². The minimum atomic E-state index is -0.0779. The molecule has 0 atom stereocenters. The zero-order valence-corrected chi connectivity index (χ0v) is 19.7. The van der Waals surface area contributed by atoms with E-state index in [4.69, 9.17) is 17.0 Å². The number of fused-ring (bicyclic) bond motifs is 1. The molecule has 0 bridgehead atoms. The number of aryl methyl sites for hydroxylation is 2. The molecule has 0 fully saturated rings. The molecule has 6 heteroatoms. The normalized spacial score (nSPS) is 11.0. The number of thiocarbonyl (C=S) groups is 1. The largest absolute Gasteiger partial charge is 0.497 e. The Hall–Kier alpha value is -2.86. The summed E-state index contributed by atoms with van der Waals surface area (Å²) in [7, 11) is 1.65. The maximum Gasteiger partial charge on any atom is 0.253 e.